The van der Waals surface area contributed by atoms with Crippen LogP contribution in [0.5, 0.6) is 0 Å². The third kappa shape index (κ3) is 4.69. The number of rotatable bonds is 6. The highest BCUT2D eigenvalue weighted by molar-refractivity contribution is 6.31. The van der Waals surface area contributed by atoms with Crippen molar-refractivity contribution in [2.75, 3.05) is 13.2 Å². The van der Waals surface area contributed by atoms with Crippen molar-refractivity contribution < 1.29 is 5.11 Å². The van der Waals surface area contributed by atoms with Crippen molar-refractivity contribution in [1.29, 1.82) is 0 Å². The molecule has 2 rings (SSSR count). The fourth-order valence-corrected chi connectivity index (χ4v) is 3.22. The molecule has 0 spiro atoms. The Hall–Kier alpha value is -1.10. The van der Waals surface area contributed by atoms with Crippen LogP contribution < -0.4 is 5.43 Å². The predicted molar refractivity (Wildman–Crippen MR) is 96.5 cm³/mol. The summed E-state index contributed by atoms with van der Waals surface area (Å²) >= 11 is 6.27. The molecule has 2 unspecified atom stereocenters. The Balaban J connectivity index is 2.06. The van der Waals surface area contributed by atoms with E-state index < -0.39 is 5.60 Å². The molecule has 23 heavy (non-hydrogen) atoms. The van der Waals surface area contributed by atoms with Gasteiger partial charge in [0.15, 0.2) is 0 Å². The number of aliphatic hydroxyl groups is 1. The summed E-state index contributed by atoms with van der Waals surface area (Å²) < 4.78 is 0. The zero-order valence-corrected chi connectivity index (χ0v) is 15.3. The average Bonchev–Trinajstić information content (AvgIpc) is 2.92. The molecular formula is C18H28ClN3O. The second-order valence-electron chi connectivity index (χ2n) is 7.67. The van der Waals surface area contributed by atoms with Crippen LogP contribution in [0.25, 0.3) is 0 Å². The first-order valence-electron chi connectivity index (χ1n) is 8.16. The summed E-state index contributed by atoms with van der Waals surface area (Å²) in [4.78, 5) is 4.15. The van der Waals surface area contributed by atoms with Crippen LogP contribution in [0, 0.1) is 11.3 Å². The fraction of sp³-hybridized carbons (Fsp3) is 0.611. The number of nitrogens with one attached hydrogen (secondary N) is 1. The first kappa shape index (κ1) is 18.2. The first-order valence-corrected chi connectivity index (χ1v) is 8.54. The number of hydrogen-bond acceptors (Lipinski definition) is 4. The number of hydrazine groups is 1. The molecule has 1 heterocycles. The van der Waals surface area contributed by atoms with Gasteiger partial charge in [0.1, 0.15) is 6.67 Å². The SMILES string of the molecule is CC(Cc1ccccc1Cl)CC(O)(CN1CN=CN1)C(C)(C)C. The van der Waals surface area contributed by atoms with Crippen LogP contribution in [0.2, 0.25) is 5.02 Å². The van der Waals surface area contributed by atoms with E-state index in [1.54, 1.807) is 6.34 Å². The van der Waals surface area contributed by atoms with Gasteiger partial charge in [-0.05, 0) is 35.8 Å². The van der Waals surface area contributed by atoms with E-state index in [4.69, 9.17) is 11.6 Å². The van der Waals surface area contributed by atoms with Crippen molar-refractivity contribution in [2.24, 2.45) is 16.3 Å². The highest BCUT2D eigenvalue weighted by Crippen LogP contribution is 2.37. The van der Waals surface area contributed by atoms with Gasteiger partial charge in [-0.15, -0.1) is 0 Å². The number of nitrogens with zero attached hydrogens (tertiary/aromatic N) is 2. The molecule has 0 aromatic heterocycles. The molecule has 1 aromatic rings. The van der Waals surface area contributed by atoms with E-state index >= 15 is 0 Å². The van der Waals surface area contributed by atoms with E-state index in [-0.39, 0.29) is 5.41 Å². The topological polar surface area (TPSA) is 47.9 Å². The molecule has 0 bridgehead atoms. The van der Waals surface area contributed by atoms with E-state index in [9.17, 15) is 5.11 Å². The molecule has 2 atom stereocenters. The summed E-state index contributed by atoms with van der Waals surface area (Å²) in [5.41, 5.74) is 3.18. The van der Waals surface area contributed by atoms with Gasteiger partial charge >= 0.3 is 0 Å². The predicted octanol–water partition coefficient (Wildman–Crippen LogP) is 3.49. The molecule has 0 saturated carbocycles. The van der Waals surface area contributed by atoms with Crippen LogP contribution in [0.3, 0.4) is 0 Å². The van der Waals surface area contributed by atoms with Gasteiger partial charge in [-0.3, -0.25) is 4.99 Å². The Morgan fingerprint density at radius 2 is 2.04 bits per heavy atom. The lowest BCUT2D eigenvalue weighted by Gasteiger charge is -2.44. The normalized spacial score (nSPS) is 19.4. The van der Waals surface area contributed by atoms with Crippen molar-refractivity contribution in [3.8, 4) is 0 Å². The van der Waals surface area contributed by atoms with Gasteiger partial charge in [0, 0.05) is 11.6 Å². The molecule has 1 aliphatic rings. The number of halogens is 1. The van der Waals surface area contributed by atoms with Gasteiger partial charge in [0.05, 0.1) is 11.9 Å². The lowest BCUT2D eigenvalue weighted by molar-refractivity contribution is -0.0970. The molecule has 4 nitrogen and oxygen atoms in total. The van der Waals surface area contributed by atoms with Gasteiger partial charge in [0.2, 0.25) is 0 Å². The number of benzene rings is 1. The van der Waals surface area contributed by atoms with Crippen molar-refractivity contribution >= 4 is 17.9 Å². The van der Waals surface area contributed by atoms with Gasteiger partial charge in [0.25, 0.3) is 0 Å². The Morgan fingerprint density at radius 1 is 1.35 bits per heavy atom. The van der Waals surface area contributed by atoms with Crippen molar-refractivity contribution in [3.05, 3.63) is 34.9 Å². The number of hydrogen-bond donors (Lipinski definition) is 2. The van der Waals surface area contributed by atoms with E-state index in [2.05, 4.69) is 44.2 Å². The molecule has 2 N–H and O–H groups in total. The Labute approximate surface area is 144 Å². The number of β-amino-alcohol motifs (C(OH)–C–C–N with tert-alkyl or cyclic N) is 1. The zero-order valence-electron chi connectivity index (χ0n) is 14.5. The van der Waals surface area contributed by atoms with Gasteiger partial charge in [-0.25, -0.2) is 0 Å². The maximum absolute atomic E-state index is 11.4. The minimum absolute atomic E-state index is 0.230. The highest BCUT2D eigenvalue weighted by Gasteiger charge is 2.42. The van der Waals surface area contributed by atoms with Crippen LogP contribution >= 0.6 is 11.6 Å². The maximum Gasteiger partial charge on any atom is 0.110 e. The molecule has 1 aromatic carbocycles. The van der Waals surface area contributed by atoms with Crippen LogP contribution in [0.4, 0.5) is 0 Å². The third-order valence-corrected chi connectivity index (χ3v) is 5.01. The standard InChI is InChI=1S/C18H28ClN3O/c1-14(9-15-7-5-6-8-16(15)19)10-18(23,17(2,3)4)11-22-13-20-12-21-22/h5-8,12,14,23H,9-11,13H2,1-4H3,(H,20,21). The highest BCUT2D eigenvalue weighted by atomic mass is 35.5. The summed E-state index contributed by atoms with van der Waals surface area (Å²) in [6.45, 7) is 9.57. The summed E-state index contributed by atoms with van der Waals surface area (Å²) in [5.74, 6) is 0.322. The molecular weight excluding hydrogens is 310 g/mol. The van der Waals surface area contributed by atoms with E-state index in [0.29, 0.717) is 25.6 Å². The molecule has 5 heteroatoms. The fourth-order valence-electron chi connectivity index (χ4n) is 3.01. The van der Waals surface area contributed by atoms with Crippen molar-refractivity contribution in [3.63, 3.8) is 0 Å². The zero-order chi connectivity index (χ0) is 17.1. The van der Waals surface area contributed by atoms with Crippen LogP contribution in [-0.2, 0) is 6.42 Å². The minimum Gasteiger partial charge on any atom is -0.388 e. The lowest BCUT2D eigenvalue weighted by atomic mass is 9.71. The second-order valence-corrected chi connectivity index (χ2v) is 8.07. The van der Waals surface area contributed by atoms with Crippen LogP contribution in [0.15, 0.2) is 29.3 Å². The third-order valence-electron chi connectivity index (χ3n) is 4.64. The summed E-state index contributed by atoms with van der Waals surface area (Å²) in [7, 11) is 0. The van der Waals surface area contributed by atoms with Gasteiger partial charge in [-0.2, -0.15) is 5.01 Å². The lowest BCUT2D eigenvalue weighted by Crippen LogP contribution is -2.54. The Morgan fingerprint density at radius 3 is 2.61 bits per heavy atom. The average molecular weight is 338 g/mol. The minimum atomic E-state index is -0.811. The summed E-state index contributed by atoms with van der Waals surface area (Å²) in [5, 5.41) is 14.1. The maximum atomic E-state index is 11.4. The molecule has 0 amide bonds. The summed E-state index contributed by atoms with van der Waals surface area (Å²) in [6.07, 6.45) is 3.25. The van der Waals surface area contributed by atoms with Crippen molar-refractivity contribution in [2.45, 2.75) is 46.1 Å². The molecule has 0 fully saturated rings. The largest absolute Gasteiger partial charge is 0.388 e. The Bertz CT molecular complexity index is 547. The summed E-state index contributed by atoms with van der Waals surface area (Å²) in [6, 6.07) is 7.94. The monoisotopic (exact) mass is 337 g/mol. The molecule has 1 aliphatic heterocycles. The molecule has 0 saturated heterocycles. The number of aliphatic imine (C=N–C) groups is 1. The second kappa shape index (κ2) is 7.20. The molecule has 128 valence electrons. The van der Waals surface area contributed by atoms with E-state index in [1.165, 1.54) is 0 Å². The van der Waals surface area contributed by atoms with E-state index in [1.807, 2.05) is 23.2 Å². The van der Waals surface area contributed by atoms with Crippen LogP contribution in [0.1, 0.15) is 39.7 Å². The van der Waals surface area contributed by atoms with Gasteiger partial charge in [-0.1, -0.05) is 57.5 Å². The molecule has 0 aliphatic carbocycles. The van der Waals surface area contributed by atoms with Gasteiger partial charge < -0.3 is 10.5 Å². The quantitative estimate of drug-likeness (QED) is 0.835. The van der Waals surface area contributed by atoms with Crippen LogP contribution in [-0.4, -0.2) is 35.3 Å². The Kier molecular flexibility index (Phi) is 5.71. The molecule has 0 radical (unpaired) electrons. The smallest absolute Gasteiger partial charge is 0.110 e. The van der Waals surface area contributed by atoms with E-state index in [0.717, 1.165) is 17.0 Å². The van der Waals surface area contributed by atoms with Crippen molar-refractivity contribution in [1.82, 2.24) is 10.4 Å². The first-order chi connectivity index (χ1) is 10.7.